The van der Waals surface area contributed by atoms with E-state index in [0.717, 1.165) is 0 Å². The standard InChI is InChI=1S/C17H12O5/c1-21-17(20)11-4-7-15-13(8-11)14(19)9-16(22-15)10-2-5-12(18)6-3-10/h2-9,18H,1H3. The number of phenols is 1. The molecule has 0 saturated heterocycles. The molecule has 0 aliphatic rings. The van der Waals surface area contributed by atoms with E-state index in [1.807, 2.05) is 0 Å². The van der Waals surface area contributed by atoms with Crippen molar-refractivity contribution in [1.82, 2.24) is 0 Å². The summed E-state index contributed by atoms with van der Waals surface area (Å²) in [7, 11) is 1.28. The van der Waals surface area contributed by atoms with E-state index in [4.69, 9.17) is 4.42 Å². The summed E-state index contributed by atoms with van der Waals surface area (Å²) in [4.78, 5) is 23.8. The molecule has 0 aliphatic heterocycles. The molecule has 0 aliphatic carbocycles. The number of hydrogen-bond donors (Lipinski definition) is 1. The minimum atomic E-state index is -0.510. The lowest BCUT2D eigenvalue weighted by Gasteiger charge is -2.05. The number of esters is 1. The first-order valence-electron chi connectivity index (χ1n) is 6.54. The average molecular weight is 296 g/mol. The lowest BCUT2D eigenvalue weighted by atomic mass is 10.1. The van der Waals surface area contributed by atoms with Gasteiger partial charge in [-0.05, 0) is 42.5 Å². The lowest BCUT2D eigenvalue weighted by Crippen LogP contribution is -2.05. The summed E-state index contributed by atoms with van der Waals surface area (Å²) in [5.74, 6) is 0.0156. The molecule has 3 aromatic rings. The number of benzene rings is 2. The highest BCUT2D eigenvalue weighted by Gasteiger charge is 2.11. The normalized spacial score (nSPS) is 10.6. The molecule has 0 fully saturated rings. The third-order valence-corrected chi connectivity index (χ3v) is 3.30. The van der Waals surface area contributed by atoms with E-state index in [-0.39, 0.29) is 11.2 Å². The van der Waals surface area contributed by atoms with Gasteiger partial charge in [-0.2, -0.15) is 0 Å². The minimum absolute atomic E-state index is 0.134. The Hall–Kier alpha value is -3.08. The van der Waals surface area contributed by atoms with Crippen molar-refractivity contribution >= 4 is 16.9 Å². The van der Waals surface area contributed by atoms with E-state index in [2.05, 4.69) is 4.74 Å². The molecule has 1 heterocycles. The van der Waals surface area contributed by atoms with Gasteiger partial charge in [0.25, 0.3) is 0 Å². The fourth-order valence-corrected chi connectivity index (χ4v) is 2.17. The van der Waals surface area contributed by atoms with Gasteiger partial charge in [-0.1, -0.05) is 0 Å². The third-order valence-electron chi connectivity index (χ3n) is 3.30. The number of aromatic hydroxyl groups is 1. The number of carbonyl (C=O) groups is 1. The van der Waals surface area contributed by atoms with E-state index < -0.39 is 5.97 Å². The summed E-state index contributed by atoms with van der Waals surface area (Å²) >= 11 is 0. The van der Waals surface area contributed by atoms with Gasteiger partial charge in [-0.25, -0.2) is 4.79 Å². The molecule has 5 nitrogen and oxygen atoms in total. The summed E-state index contributed by atoms with van der Waals surface area (Å²) in [5.41, 5.74) is 1.09. The Morgan fingerprint density at radius 2 is 1.82 bits per heavy atom. The van der Waals surface area contributed by atoms with Crippen LogP contribution in [0.2, 0.25) is 0 Å². The van der Waals surface area contributed by atoms with Crippen molar-refractivity contribution in [3.8, 4) is 17.1 Å². The van der Waals surface area contributed by atoms with E-state index in [0.29, 0.717) is 27.9 Å². The second-order valence-corrected chi connectivity index (χ2v) is 4.72. The SMILES string of the molecule is COC(=O)c1ccc2oc(-c3ccc(O)cc3)cc(=O)c2c1. The van der Waals surface area contributed by atoms with Crippen LogP contribution in [0.4, 0.5) is 0 Å². The van der Waals surface area contributed by atoms with Crippen LogP contribution in [0.3, 0.4) is 0 Å². The predicted molar refractivity (Wildman–Crippen MR) is 80.9 cm³/mol. The molecule has 0 spiro atoms. The van der Waals surface area contributed by atoms with Crippen molar-refractivity contribution in [2.24, 2.45) is 0 Å². The van der Waals surface area contributed by atoms with Crippen molar-refractivity contribution < 1.29 is 19.1 Å². The van der Waals surface area contributed by atoms with E-state index in [1.165, 1.54) is 37.4 Å². The zero-order valence-electron chi connectivity index (χ0n) is 11.7. The van der Waals surface area contributed by atoms with Crippen LogP contribution in [0.5, 0.6) is 5.75 Å². The van der Waals surface area contributed by atoms with E-state index in [9.17, 15) is 14.7 Å². The van der Waals surface area contributed by atoms with Crippen molar-refractivity contribution in [1.29, 1.82) is 0 Å². The second-order valence-electron chi connectivity index (χ2n) is 4.72. The number of ether oxygens (including phenoxy) is 1. The molecule has 1 N–H and O–H groups in total. The zero-order chi connectivity index (χ0) is 15.7. The van der Waals surface area contributed by atoms with Gasteiger partial charge in [0.1, 0.15) is 17.1 Å². The summed E-state index contributed by atoms with van der Waals surface area (Å²) in [6, 6.07) is 12.2. The predicted octanol–water partition coefficient (Wildman–Crippen LogP) is 2.95. The fraction of sp³-hybridized carbons (Fsp3) is 0.0588. The third kappa shape index (κ3) is 2.44. The Labute approximate surface area is 125 Å². The molecule has 22 heavy (non-hydrogen) atoms. The molecule has 0 bridgehead atoms. The number of carbonyl (C=O) groups excluding carboxylic acids is 1. The summed E-state index contributed by atoms with van der Waals surface area (Å²) in [6.07, 6.45) is 0. The van der Waals surface area contributed by atoms with E-state index >= 15 is 0 Å². The van der Waals surface area contributed by atoms with Crippen molar-refractivity contribution in [2.75, 3.05) is 7.11 Å². The largest absolute Gasteiger partial charge is 0.508 e. The molecule has 0 amide bonds. The lowest BCUT2D eigenvalue weighted by molar-refractivity contribution is 0.0601. The maximum absolute atomic E-state index is 12.2. The summed E-state index contributed by atoms with van der Waals surface area (Å²) in [6.45, 7) is 0. The maximum atomic E-state index is 12.2. The summed E-state index contributed by atoms with van der Waals surface area (Å²) < 4.78 is 10.3. The molecule has 0 saturated carbocycles. The first kappa shape index (κ1) is 13.9. The number of rotatable bonds is 2. The van der Waals surface area contributed by atoms with Crippen LogP contribution in [-0.4, -0.2) is 18.2 Å². The van der Waals surface area contributed by atoms with E-state index in [1.54, 1.807) is 18.2 Å². The van der Waals surface area contributed by atoms with Crippen LogP contribution < -0.4 is 5.43 Å². The van der Waals surface area contributed by atoms with Crippen molar-refractivity contribution in [3.05, 3.63) is 64.3 Å². The Kier molecular flexibility index (Phi) is 3.39. The molecular formula is C17H12O5. The topological polar surface area (TPSA) is 76.7 Å². The van der Waals surface area contributed by atoms with Crippen LogP contribution >= 0.6 is 0 Å². The highest BCUT2D eigenvalue weighted by Crippen LogP contribution is 2.24. The molecule has 2 aromatic carbocycles. The number of methoxy groups -OCH3 is 1. The van der Waals surface area contributed by atoms with Crippen molar-refractivity contribution in [3.63, 3.8) is 0 Å². The first-order valence-corrected chi connectivity index (χ1v) is 6.54. The summed E-state index contributed by atoms with van der Waals surface area (Å²) in [5, 5.41) is 9.61. The van der Waals surface area contributed by atoms with Crippen LogP contribution in [0, 0.1) is 0 Å². The first-order chi connectivity index (χ1) is 10.6. The van der Waals surface area contributed by atoms with Crippen LogP contribution in [0.1, 0.15) is 10.4 Å². The van der Waals surface area contributed by atoms with Crippen molar-refractivity contribution in [2.45, 2.75) is 0 Å². The Morgan fingerprint density at radius 3 is 2.50 bits per heavy atom. The average Bonchev–Trinajstić information content (AvgIpc) is 2.54. The number of fused-ring (bicyclic) bond motifs is 1. The van der Waals surface area contributed by atoms with Crippen LogP contribution in [-0.2, 0) is 4.74 Å². The molecule has 0 unspecified atom stereocenters. The highest BCUT2D eigenvalue weighted by molar-refractivity contribution is 5.94. The van der Waals surface area contributed by atoms with Gasteiger partial charge in [0.2, 0.25) is 0 Å². The van der Waals surface area contributed by atoms with Gasteiger partial charge in [0, 0.05) is 11.6 Å². The number of phenolic OH excluding ortho intramolecular Hbond substituents is 1. The molecule has 5 heteroatoms. The number of hydrogen-bond acceptors (Lipinski definition) is 5. The zero-order valence-corrected chi connectivity index (χ0v) is 11.7. The maximum Gasteiger partial charge on any atom is 0.337 e. The van der Waals surface area contributed by atoms with Gasteiger partial charge in [0.05, 0.1) is 18.1 Å². The monoisotopic (exact) mass is 296 g/mol. The fourth-order valence-electron chi connectivity index (χ4n) is 2.17. The van der Waals surface area contributed by atoms with Crippen LogP contribution in [0.25, 0.3) is 22.3 Å². The molecular weight excluding hydrogens is 284 g/mol. The van der Waals surface area contributed by atoms with Gasteiger partial charge < -0.3 is 14.3 Å². The molecule has 0 radical (unpaired) electrons. The second kappa shape index (κ2) is 5.37. The highest BCUT2D eigenvalue weighted by atomic mass is 16.5. The smallest absolute Gasteiger partial charge is 0.337 e. The molecule has 3 rings (SSSR count). The quantitative estimate of drug-likeness (QED) is 0.736. The van der Waals surface area contributed by atoms with Gasteiger partial charge in [0.15, 0.2) is 5.43 Å². The Balaban J connectivity index is 2.15. The van der Waals surface area contributed by atoms with Gasteiger partial charge in [-0.15, -0.1) is 0 Å². The molecule has 110 valence electrons. The Bertz CT molecular complexity index is 906. The Morgan fingerprint density at radius 1 is 1.09 bits per heavy atom. The van der Waals surface area contributed by atoms with Gasteiger partial charge in [-0.3, -0.25) is 4.79 Å². The molecule has 1 aromatic heterocycles. The minimum Gasteiger partial charge on any atom is -0.508 e. The molecule has 0 atom stereocenters. The van der Waals surface area contributed by atoms with Gasteiger partial charge >= 0.3 is 5.97 Å². The van der Waals surface area contributed by atoms with Crippen LogP contribution in [0.15, 0.2) is 57.7 Å².